The number of halogens is 6. The molecule has 0 aliphatic carbocycles. The molecular weight excluding hydrogens is 594 g/mol. The molecule has 5 rings (SSSR count). The highest BCUT2D eigenvalue weighted by Crippen LogP contribution is 2.42. The molecule has 234 valence electrons. The Bertz CT molecular complexity index is 1560. The molecule has 0 bridgehead atoms. The number of amides is 2. The molecule has 0 saturated carbocycles. The summed E-state index contributed by atoms with van der Waals surface area (Å²) in [4.78, 5) is 32.7. The quantitative estimate of drug-likeness (QED) is 0.305. The maximum absolute atomic E-state index is 13.5. The number of rotatable bonds is 8. The van der Waals surface area contributed by atoms with Crippen LogP contribution in [0.5, 0.6) is 5.75 Å². The number of anilines is 1. The number of aromatic nitrogens is 1. The number of nitrogens with zero attached hydrogens (tertiary/aromatic N) is 3. The van der Waals surface area contributed by atoms with Gasteiger partial charge in [-0.1, -0.05) is 6.07 Å². The van der Waals surface area contributed by atoms with Gasteiger partial charge in [0, 0.05) is 24.2 Å². The van der Waals surface area contributed by atoms with Crippen molar-refractivity contribution in [2.24, 2.45) is 5.73 Å². The Labute approximate surface area is 248 Å². The first-order chi connectivity index (χ1) is 20.7. The summed E-state index contributed by atoms with van der Waals surface area (Å²) >= 11 is 0. The standard InChI is InChI=1S/C30H28F6N4O4/c1-16-27(18-12-19(29(31,32)33)14-20(13-18)30(34,35)36)44-28(42)40(16)15-23-21(5-7-26(38-23)39-8-3-9-39)22-10-17(11-25(37)41)4-6-24(22)43-2/h4-7,10,12-14,16,27H,3,8-9,11,15H2,1-2H3,(H2,37,41)/t16-,27-/m0/s1. The lowest BCUT2D eigenvalue weighted by Gasteiger charge is -2.33. The first kappa shape index (κ1) is 31.0. The predicted molar refractivity (Wildman–Crippen MR) is 147 cm³/mol. The molecule has 2 amide bonds. The summed E-state index contributed by atoms with van der Waals surface area (Å²) < 4.78 is 92.1. The van der Waals surface area contributed by atoms with E-state index in [-0.39, 0.29) is 19.0 Å². The van der Waals surface area contributed by atoms with E-state index in [2.05, 4.69) is 0 Å². The fourth-order valence-electron chi connectivity index (χ4n) is 5.32. The smallest absolute Gasteiger partial charge is 0.416 e. The van der Waals surface area contributed by atoms with E-state index in [1.807, 2.05) is 4.90 Å². The van der Waals surface area contributed by atoms with E-state index >= 15 is 0 Å². The second-order valence-corrected chi connectivity index (χ2v) is 10.7. The molecule has 0 unspecified atom stereocenters. The van der Waals surface area contributed by atoms with Crippen LogP contribution in [0.15, 0.2) is 48.5 Å². The van der Waals surface area contributed by atoms with Gasteiger partial charge < -0.3 is 20.1 Å². The van der Waals surface area contributed by atoms with E-state index in [4.69, 9.17) is 20.2 Å². The normalized spacial score (nSPS) is 18.7. The minimum absolute atomic E-state index is 0.0277. The average molecular weight is 623 g/mol. The lowest BCUT2D eigenvalue weighted by atomic mass is 9.96. The van der Waals surface area contributed by atoms with Gasteiger partial charge in [-0.3, -0.25) is 9.69 Å². The van der Waals surface area contributed by atoms with Gasteiger partial charge in [0.15, 0.2) is 0 Å². The highest BCUT2D eigenvalue weighted by molar-refractivity contribution is 5.80. The number of benzene rings is 2. The van der Waals surface area contributed by atoms with Crippen molar-refractivity contribution in [1.29, 1.82) is 0 Å². The van der Waals surface area contributed by atoms with Gasteiger partial charge in [0.2, 0.25) is 5.91 Å². The fourth-order valence-corrected chi connectivity index (χ4v) is 5.32. The predicted octanol–water partition coefficient (Wildman–Crippen LogP) is 6.11. The van der Waals surface area contributed by atoms with Crippen LogP contribution in [0.25, 0.3) is 11.1 Å². The van der Waals surface area contributed by atoms with Crippen LogP contribution in [-0.2, 0) is 34.8 Å². The number of ether oxygens (including phenoxy) is 2. The van der Waals surface area contributed by atoms with Crippen molar-refractivity contribution in [3.63, 3.8) is 0 Å². The lowest BCUT2D eigenvalue weighted by Crippen LogP contribution is -2.38. The Hall–Kier alpha value is -4.49. The number of carbonyl (C=O) groups excluding carboxylic acids is 2. The van der Waals surface area contributed by atoms with E-state index in [9.17, 15) is 35.9 Å². The molecule has 2 aromatic carbocycles. The summed E-state index contributed by atoms with van der Waals surface area (Å²) in [6, 6.07) is 8.84. The molecule has 14 heteroatoms. The van der Waals surface area contributed by atoms with Crippen molar-refractivity contribution < 1.29 is 45.4 Å². The number of nitrogens with two attached hydrogens (primary N) is 1. The van der Waals surface area contributed by atoms with Gasteiger partial charge in [0.05, 0.1) is 42.9 Å². The zero-order valence-corrected chi connectivity index (χ0v) is 23.6. The second-order valence-electron chi connectivity index (χ2n) is 10.7. The van der Waals surface area contributed by atoms with Gasteiger partial charge >= 0.3 is 18.4 Å². The number of carbonyl (C=O) groups is 2. The van der Waals surface area contributed by atoms with Crippen LogP contribution in [0.1, 0.15) is 47.4 Å². The maximum atomic E-state index is 13.5. The largest absolute Gasteiger partial charge is 0.496 e. The Balaban J connectivity index is 1.54. The SMILES string of the molecule is COc1ccc(CC(N)=O)cc1-c1ccc(N2CCC2)nc1CN1C(=O)O[C@H](c2cc(C(F)(F)F)cc(C(F)(F)F)c2)[C@@H]1C. The Morgan fingerprint density at radius 3 is 2.20 bits per heavy atom. The van der Waals surface area contributed by atoms with E-state index in [1.165, 1.54) is 18.9 Å². The molecule has 3 heterocycles. The number of cyclic esters (lactones) is 1. The number of hydrogen-bond donors (Lipinski definition) is 1. The van der Waals surface area contributed by atoms with Crippen LogP contribution >= 0.6 is 0 Å². The first-order valence-corrected chi connectivity index (χ1v) is 13.6. The molecule has 2 saturated heterocycles. The molecule has 44 heavy (non-hydrogen) atoms. The summed E-state index contributed by atoms with van der Waals surface area (Å²) in [6.07, 6.45) is -11.5. The van der Waals surface area contributed by atoms with Gasteiger partial charge in [-0.2, -0.15) is 26.3 Å². The van der Waals surface area contributed by atoms with Crippen molar-refractivity contribution in [2.45, 2.75) is 50.8 Å². The molecule has 0 spiro atoms. The summed E-state index contributed by atoms with van der Waals surface area (Å²) in [5.41, 5.74) is 4.02. The number of alkyl halides is 6. The van der Waals surface area contributed by atoms with Crippen molar-refractivity contribution >= 4 is 17.8 Å². The highest BCUT2D eigenvalue weighted by atomic mass is 19.4. The lowest BCUT2D eigenvalue weighted by molar-refractivity contribution is -0.143. The molecule has 2 fully saturated rings. The van der Waals surface area contributed by atoms with Gasteiger partial charge in [-0.15, -0.1) is 0 Å². The van der Waals surface area contributed by atoms with E-state index in [1.54, 1.807) is 30.3 Å². The Kier molecular flexibility index (Phi) is 8.12. The zero-order valence-electron chi connectivity index (χ0n) is 23.6. The fraction of sp³-hybridized carbons (Fsp3) is 0.367. The van der Waals surface area contributed by atoms with Crippen LogP contribution in [0, 0.1) is 0 Å². The summed E-state index contributed by atoms with van der Waals surface area (Å²) in [5.74, 6) is 0.527. The third-order valence-corrected chi connectivity index (χ3v) is 7.72. The van der Waals surface area contributed by atoms with Gasteiger partial charge in [0.1, 0.15) is 17.7 Å². The average Bonchev–Trinajstić information content (AvgIpc) is 3.19. The van der Waals surface area contributed by atoms with E-state index < -0.39 is 53.2 Å². The van der Waals surface area contributed by atoms with E-state index in [0.29, 0.717) is 46.1 Å². The Morgan fingerprint density at radius 1 is 1.00 bits per heavy atom. The third kappa shape index (κ3) is 6.24. The minimum atomic E-state index is -5.06. The van der Waals surface area contributed by atoms with Crippen LogP contribution in [0.4, 0.5) is 37.0 Å². The molecule has 1 aromatic heterocycles. The number of pyridine rings is 1. The molecule has 8 nitrogen and oxygen atoms in total. The summed E-state index contributed by atoms with van der Waals surface area (Å²) in [6.45, 7) is 2.84. The summed E-state index contributed by atoms with van der Waals surface area (Å²) in [5, 5.41) is 0. The van der Waals surface area contributed by atoms with Crippen molar-refractivity contribution in [1.82, 2.24) is 9.88 Å². The van der Waals surface area contributed by atoms with Crippen molar-refractivity contribution in [3.8, 4) is 16.9 Å². The second kappa shape index (κ2) is 11.5. The van der Waals surface area contributed by atoms with Crippen molar-refractivity contribution in [3.05, 3.63) is 76.5 Å². The topological polar surface area (TPSA) is 98.0 Å². The maximum Gasteiger partial charge on any atom is 0.416 e. The molecular formula is C30H28F6N4O4. The highest BCUT2D eigenvalue weighted by Gasteiger charge is 2.43. The van der Waals surface area contributed by atoms with E-state index in [0.717, 1.165) is 19.5 Å². The van der Waals surface area contributed by atoms with Gasteiger partial charge in [0.25, 0.3) is 0 Å². The monoisotopic (exact) mass is 622 g/mol. The molecule has 2 N–H and O–H groups in total. The number of hydrogen-bond acceptors (Lipinski definition) is 6. The zero-order chi connectivity index (χ0) is 32.0. The molecule has 2 atom stereocenters. The molecule has 3 aromatic rings. The number of primary amides is 1. The first-order valence-electron chi connectivity index (χ1n) is 13.6. The van der Waals surface area contributed by atoms with Gasteiger partial charge in [-0.05, 0) is 66.9 Å². The minimum Gasteiger partial charge on any atom is -0.496 e. The van der Waals surface area contributed by atoms with Crippen LogP contribution in [-0.4, -0.2) is 48.1 Å². The number of methoxy groups -OCH3 is 1. The molecule has 0 radical (unpaired) electrons. The van der Waals surface area contributed by atoms with Crippen molar-refractivity contribution in [2.75, 3.05) is 25.1 Å². The molecule has 2 aliphatic heterocycles. The summed E-state index contributed by atoms with van der Waals surface area (Å²) in [7, 11) is 1.46. The van der Waals surface area contributed by atoms with Crippen LogP contribution in [0.3, 0.4) is 0 Å². The van der Waals surface area contributed by atoms with Gasteiger partial charge in [-0.25, -0.2) is 9.78 Å². The molecule has 2 aliphatic rings. The Morgan fingerprint density at radius 2 is 1.66 bits per heavy atom. The van der Waals surface area contributed by atoms with Crippen LogP contribution in [0.2, 0.25) is 0 Å². The van der Waals surface area contributed by atoms with Crippen LogP contribution < -0.4 is 15.4 Å². The third-order valence-electron chi connectivity index (χ3n) is 7.72.